The van der Waals surface area contributed by atoms with Gasteiger partial charge >= 0.3 is 41.8 Å². The summed E-state index contributed by atoms with van der Waals surface area (Å²) in [6.07, 6.45) is -6.62. The van der Waals surface area contributed by atoms with Gasteiger partial charge in [0, 0.05) is 38.5 Å². The monoisotopic (exact) mass is 792 g/mol. The highest BCUT2D eigenvalue weighted by Gasteiger charge is 2.29. The van der Waals surface area contributed by atoms with Crippen molar-refractivity contribution in [1.29, 1.82) is 0 Å². The summed E-state index contributed by atoms with van der Waals surface area (Å²) in [7, 11) is 0. The Balaban J connectivity index is 5.05. The van der Waals surface area contributed by atoms with Crippen LogP contribution < -0.4 is 32.3 Å². The first-order valence-electron chi connectivity index (χ1n) is 16.3. The van der Waals surface area contributed by atoms with Crippen molar-refractivity contribution < 1.29 is 93.3 Å². The first kappa shape index (κ1) is 48.6. The van der Waals surface area contributed by atoms with Gasteiger partial charge in [0.25, 0.3) is 0 Å². The van der Waals surface area contributed by atoms with Crippen molar-refractivity contribution in [3.8, 4) is 0 Å². The first-order valence-corrected chi connectivity index (χ1v) is 16.3. The summed E-state index contributed by atoms with van der Waals surface area (Å²) in [6.45, 7) is 0. The standard InChI is InChI=1S/C30H44N6O19/c31-13(1-11-23(41)42)25(45)36-18(30(54)55)5-10-22(40)34-16(28(50)51)3-8-20(38)32-14(26(46)47)2-7-19(37)33-15(27(48)49)4-9-21(39)35-17(29(52)53)6-12-24(43)44/h13-18H,1-12,31H2,(H,32,38)(H,33,37)(H,34,40)(H,35,39)(H,36,45)(H,41,42)(H,43,44)(H,46,47)(H,48,49)(H,50,51)(H,52,53)(H,54,55)/t13-,14-,15-,16-,17-,18-/m0/s1. The number of nitrogens with two attached hydrogens (primary N) is 1. The number of aliphatic carboxylic acids is 7. The van der Waals surface area contributed by atoms with Crippen molar-refractivity contribution in [2.75, 3.05) is 0 Å². The van der Waals surface area contributed by atoms with Gasteiger partial charge in [0.15, 0.2) is 0 Å². The van der Waals surface area contributed by atoms with Crippen LogP contribution in [-0.2, 0) is 57.5 Å². The van der Waals surface area contributed by atoms with E-state index in [9.17, 15) is 78.0 Å². The largest absolute Gasteiger partial charge is 0.481 e. The van der Waals surface area contributed by atoms with E-state index < -0.39 is 178 Å². The van der Waals surface area contributed by atoms with Gasteiger partial charge in [-0.15, -0.1) is 0 Å². The molecule has 0 saturated carbocycles. The summed E-state index contributed by atoms with van der Waals surface area (Å²) in [5.74, 6) is -15.5. The summed E-state index contributed by atoms with van der Waals surface area (Å²) in [5, 5.41) is 74.4. The van der Waals surface area contributed by atoms with E-state index in [1.54, 1.807) is 0 Å². The zero-order valence-electron chi connectivity index (χ0n) is 29.1. The van der Waals surface area contributed by atoms with Gasteiger partial charge in [0.05, 0.1) is 6.04 Å². The summed E-state index contributed by atoms with van der Waals surface area (Å²) in [5.41, 5.74) is 5.53. The quantitative estimate of drug-likeness (QED) is 0.0343. The molecule has 0 aliphatic rings. The van der Waals surface area contributed by atoms with E-state index in [0.29, 0.717) is 0 Å². The zero-order chi connectivity index (χ0) is 42.4. The number of carboxylic acids is 7. The third kappa shape index (κ3) is 21.7. The minimum absolute atomic E-state index is 0.304. The van der Waals surface area contributed by atoms with Crippen molar-refractivity contribution in [3.63, 3.8) is 0 Å². The zero-order valence-corrected chi connectivity index (χ0v) is 29.1. The SMILES string of the molecule is N[C@@H](CCC(=O)O)C(=O)N[C@@H](CCC(=O)N[C@@H](CCC(=O)N[C@@H](CCC(=O)N[C@@H](CCC(=O)N[C@@H](CCC(=O)O)C(=O)O)C(=O)O)C(=O)O)C(=O)O)C(=O)O. The molecule has 0 fully saturated rings. The number of hydrogen-bond acceptors (Lipinski definition) is 13. The van der Waals surface area contributed by atoms with Gasteiger partial charge in [-0.1, -0.05) is 0 Å². The van der Waals surface area contributed by atoms with Crippen LogP contribution in [0, 0.1) is 0 Å². The molecule has 0 heterocycles. The predicted octanol–water partition coefficient (Wildman–Crippen LogP) is -3.99. The number of carbonyl (C=O) groups is 12. The minimum atomic E-state index is -1.73. The second-order valence-corrected chi connectivity index (χ2v) is 11.9. The fourth-order valence-electron chi connectivity index (χ4n) is 4.41. The molecule has 6 atom stereocenters. The molecular formula is C30H44N6O19. The van der Waals surface area contributed by atoms with Crippen LogP contribution in [0.2, 0.25) is 0 Å². The number of amides is 5. The normalized spacial score (nSPS) is 13.9. The Morgan fingerprint density at radius 2 is 0.564 bits per heavy atom. The maximum atomic E-state index is 12.4. The van der Waals surface area contributed by atoms with E-state index in [2.05, 4.69) is 10.6 Å². The molecule has 0 unspecified atom stereocenters. The topological polar surface area (TPSA) is 433 Å². The van der Waals surface area contributed by atoms with Gasteiger partial charge in [0.1, 0.15) is 30.2 Å². The number of hydrogen-bond donors (Lipinski definition) is 13. The molecule has 308 valence electrons. The van der Waals surface area contributed by atoms with Crippen molar-refractivity contribution in [1.82, 2.24) is 26.6 Å². The van der Waals surface area contributed by atoms with E-state index in [1.807, 2.05) is 16.0 Å². The van der Waals surface area contributed by atoms with Crippen LogP contribution in [0.25, 0.3) is 0 Å². The molecule has 0 aromatic heterocycles. The van der Waals surface area contributed by atoms with Crippen LogP contribution in [-0.4, -0.2) is 143 Å². The highest BCUT2D eigenvalue weighted by molar-refractivity contribution is 5.89. The van der Waals surface area contributed by atoms with Crippen LogP contribution in [0.4, 0.5) is 0 Å². The highest BCUT2D eigenvalue weighted by atomic mass is 16.4. The number of carboxylic acid groups (broad SMARTS) is 7. The van der Waals surface area contributed by atoms with Gasteiger partial charge in [-0.05, 0) is 38.5 Å². The highest BCUT2D eigenvalue weighted by Crippen LogP contribution is 2.07. The van der Waals surface area contributed by atoms with E-state index in [-0.39, 0.29) is 6.42 Å². The Bertz CT molecular complexity index is 1470. The smallest absolute Gasteiger partial charge is 0.326 e. The Morgan fingerprint density at radius 3 is 0.800 bits per heavy atom. The third-order valence-corrected chi connectivity index (χ3v) is 7.44. The molecule has 0 bridgehead atoms. The fraction of sp³-hybridized carbons (Fsp3) is 0.600. The molecule has 25 heteroatoms. The average molecular weight is 793 g/mol. The van der Waals surface area contributed by atoms with E-state index in [1.165, 1.54) is 0 Å². The fourth-order valence-corrected chi connectivity index (χ4v) is 4.41. The molecular weight excluding hydrogens is 748 g/mol. The molecule has 0 aliphatic heterocycles. The van der Waals surface area contributed by atoms with Crippen molar-refractivity contribution in [3.05, 3.63) is 0 Å². The Hall–Kier alpha value is -6.40. The summed E-state index contributed by atoms with van der Waals surface area (Å²) in [6, 6.07) is -9.73. The third-order valence-electron chi connectivity index (χ3n) is 7.44. The lowest BCUT2D eigenvalue weighted by Gasteiger charge is -2.19. The van der Waals surface area contributed by atoms with Crippen molar-refractivity contribution in [2.24, 2.45) is 5.73 Å². The molecule has 5 amide bonds. The van der Waals surface area contributed by atoms with E-state index in [4.69, 9.17) is 21.1 Å². The van der Waals surface area contributed by atoms with Crippen LogP contribution in [0.3, 0.4) is 0 Å². The molecule has 0 radical (unpaired) electrons. The van der Waals surface area contributed by atoms with Gasteiger partial charge < -0.3 is 68.1 Å². The van der Waals surface area contributed by atoms with Crippen LogP contribution in [0.5, 0.6) is 0 Å². The summed E-state index contributed by atoms with van der Waals surface area (Å²) < 4.78 is 0. The molecule has 25 nitrogen and oxygen atoms in total. The van der Waals surface area contributed by atoms with Crippen LogP contribution in [0.15, 0.2) is 0 Å². The number of carbonyl (C=O) groups excluding carboxylic acids is 5. The van der Waals surface area contributed by atoms with E-state index in [0.717, 1.165) is 0 Å². The van der Waals surface area contributed by atoms with E-state index >= 15 is 0 Å². The molecule has 14 N–H and O–H groups in total. The van der Waals surface area contributed by atoms with Gasteiger partial charge in [-0.25, -0.2) is 24.0 Å². The maximum absolute atomic E-state index is 12.4. The lowest BCUT2D eigenvalue weighted by Crippen LogP contribution is -2.49. The first-order chi connectivity index (χ1) is 25.5. The maximum Gasteiger partial charge on any atom is 0.326 e. The Morgan fingerprint density at radius 1 is 0.345 bits per heavy atom. The summed E-state index contributed by atoms with van der Waals surface area (Å²) in [4.78, 5) is 140. The second-order valence-electron chi connectivity index (χ2n) is 11.9. The van der Waals surface area contributed by atoms with Crippen molar-refractivity contribution in [2.45, 2.75) is 113 Å². The molecule has 0 rings (SSSR count). The molecule has 0 spiro atoms. The molecule has 0 aromatic rings. The molecule has 0 aliphatic carbocycles. The van der Waals surface area contributed by atoms with Crippen molar-refractivity contribution >= 4 is 71.3 Å². The lowest BCUT2D eigenvalue weighted by molar-refractivity contribution is -0.144. The number of rotatable bonds is 29. The summed E-state index contributed by atoms with van der Waals surface area (Å²) >= 11 is 0. The van der Waals surface area contributed by atoms with Gasteiger partial charge in [-0.3, -0.25) is 33.6 Å². The number of nitrogens with one attached hydrogen (secondary N) is 5. The molecule has 0 saturated heterocycles. The van der Waals surface area contributed by atoms with Gasteiger partial charge in [-0.2, -0.15) is 0 Å². The Labute approximate surface area is 310 Å². The second kappa shape index (κ2) is 24.8. The van der Waals surface area contributed by atoms with Gasteiger partial charge in [0.2, 0.25) is 29.5 Å². The Kier molecular flexibility index (Phi) is 21.9. The molecule has 55 heavy (non-hydrogen) atoms. The predicted molar refractivity (Wildman–Crippen MR) is 176 cm³/mol. The van der Waals surface area contributed by atoms with Crippen LogP contribution >= 0.6 is 0 Å². The molecule has 0 aromatic carbocycles. The average Bonchev–Trinajstić information content (AvgIpc) is 3.08. The van der Waals surface area contributed by atoms with Crippen LogP contribution in [0.1, 0.15) is 77.0 Å². The lowest BCUT2D eigenvalue weighted by atomic mass is 10.1. The minimum Gasteiger partial charge on any atom is -0.481 e.